The largest absolute Gasteiger partial charge is 0.497 e. The number of nitrogens with one attached hydrogen (secondary N) is 2. The molecule has 3 N–H and O–H groups in total. The first kappa shape index (κ1) is 14.8. The Morgan fingerprint density at radius 3 is 2.21 bits per heavy atom. The molecule has 1 aromatic carbocycles. The Morgan fingerprint density at radius 2 is 1.74 bits per heavy atom. The molecule has 0 aliphatic carbocycles. The van der Waals surface area contributed by atoms with Crippen molar-refractivity contribution in [3.63, 3.8) is 0 Å². The summed E-state index contributed by atoms with van der Waals surface area (Å²) in [5.74, 6) is -0.341. The van der Waals surface area contributed by atoms with Crippen molar-refractivity contribution in [3.8, 4) is 5.75 Å². The van der Waals surface area contributed by atoms with E-state index in [-0.39, 0.29) is 6.04 Å². The molecular weight excluding hydrogens is 248 g/mol. The highest BCUT2D eigenvalue weighted by atomic mass is 16.5. The van der Waals surface area contributed by atoms with E-state index < -0.39 is 18.0 Å². The van der Waals surface area contributed by atoms with Crippen molar-refractivity contribution < 1.29 is 19.4 Å². The van der Waals surface area contributed by atoms with Gasteiger partial charge >= 0.3 is 12.0 Å². The van der Waals surface area contributed by atoms with Crippen molar-refractivity contribution in [2.75, 3.05) is 7.11 Å². The van der Waals surface area contributed by atoms with Crippen LogP contribution in [0.25, 0.3) is 0 Å². The molecule has 2 atom stereocenters. The molecule has 0 saturated carbocycles. The van der Waals surface area contributed by atoms with Gasteiger partial charge in [-0.2, -0.15) is 0 Å². The normalized spacial score (nSPS) is 13.2. The molecule has 6 heteroatoms. The molecule has 104 valence electrons. The zero-order valence-corrected chi connectivity index (χ0v) is 11.1. The molecule has 0 aliphatic rings. The first-order valence-corrected chi connectivity index (χ1v) is 5.87. The number of benzene rings is 1. The lowest BCUT2D eigenvalue weighted by Gasteiger charge is -2.16. The highest BCUT2D eigenvalue weighted by molar-refractivity contribution is 5.82. The molecule has 0 heterocycles. The number of methoxy groups -OCH3 is 1. The zero-order chi connectivity index (χ0) is 14.4. The maximum atomic E-state index is 11.6. The van der Waals surface area contributed by atoms with Crippen molar-refractivity contribution in [2.24, 2.45) is 0 Å². The van der Waals surface area contributed by atoms with Crippen molar-refractivity contribution >= 4 is 12.0 Å². The molecule has 1 rings (SSSR count). The summed E-state index contributed by atoms with van der Waals surface area (Å²) in [6.07, 6.45) is 0. The number of carboxylic acids is 1. The topological polar surface area (TPSA) is 87.7 Å². The predicted molar refractivity (Wildman–Crippen MR) is 70.2 cm³/mol. The van der Waals surface area contributed by atoms with Crippen LogP contribution in [0.1, 0.15) is 25.5 Å². The SMILES string of the molecule is COc1ccc(C(C)NC(=O)N[C@H](C)C(=O)O)cc1. The van der Waals surface area contributed by atoms with E-state index in [0.29, 0.717) is 0 Å². The zero-order valence-electron chi connectivity index (χ0n) is 11.1. The van der Waals surface area contributed by atoms with E-state index >= 15 is 0 Å². The fourth-order valence-corrected chi connectivity index (χ4v) is 1.47. The predicted octanol–water partition coefficient (Wildman–Crippen LogP) is 1.53. The van der Waals surface area contributed by atoms with Crippen LogP contribution in [-0.2, 0) is 4.79 Å². The van der Waals surface area contributed by atoms with Crippen LogP contribution in [0.4, 0.5) is 4.79 Å². The van der Waals surface area contributed by atoms with Crippen LogP contribution in [0, 0.1) is 0 Å². The molecule has 1 aromatic rings. The third-order valence-electron chi connectivity index (χ3n) is 2.68. The van der Waals surface area contributed by atoms with Crippen molar-refractivity contribution in [3.05, 3.63) is 29.8 Å². The average Bonchev–Trinajstić information content (AvgIpc) is 2.38. The summed E-state index contributed by atoms with van der Waals surface area (Å²) in [6.45, 7) is 3.22. The Morgan fingerprint density at radius 1 is 1.16 bits per heavy atom. The van der Waals surface area contributed by atoms with Gasteiger partial charge in [0.2, 0.25) is 0 Å². The second-order valence-corrected chi connectivity index (χ2v) is 4.17. The fourth-order valence-electron chi connectivity index (χ4n) is 1.47. The van der Waals surface area contributed by atoms with Crippen LogP contribution in [0.15, 0.2) is 24.3 Å². The summed E-state index contributed by atoms with van der Waals surface area (Å²) < 4.78 is 5.04. The number of ether oxygens (including phenoxy) is 1. The summed E-state index contributed by atoms with van der Waals surface area (Å²) in [5, 5.41) is 13.7. The molecule has 0 radical (unpaired) electrons. The minimum Gasteiger partial charge on any atom is -0.497 e. The highest BCUT2D eigenvalue weighted by Crippen LogP contribution is 2.16. The molecule has 19 heavy (non-hydrogen) atoms. The molecule has 0 aliphatic heterocycles. The summed E-state index contributed by atoms with van der Waals surface area (Å²) in [5.41, 5.74) is 0.902. The lowest BCUT2D eigenvalue weighted by Crippen LogP contribution is -2.45. The minimum atomic E-state index is -1.08. The number of hydrogen-bond acceptors (Lipinski definition) is 3. The molecule has 6 nitrogen and oxygen atoms in total. The highest BCUT2D eigenvalue weighted by Gasteiger charge is 2.15. The fraction of sp³-hybridized carbons (Fsp3) is 0.385. The Hall–Kier alpha value is -2.24. The van der Waals surface area contributed by atoms with Gasteiger partial charge in [-0.3, -0.25) is 4.79 Å². The summed E-state index contributed by atoms with van der Waals surface area (Å²) >= 11 is 0. The smallest absolute Gasteiger partial charge is 0.325 e. The molecule has 0 saturated heterocycles. The van der Waals surface area contributed by atoms with E-state index in [0.717, 1.165) is 11.3 Å². The Balaban J connectivity index is 2.56. The van der Waals surface area contributed by atoms with Gasteiger partial charge in [0.25, 0.3) is 0 Å². The van der Waals surface area contributed by atoms with Crippen LogP contribution in [0.5, 0.6) is 5.75 Å². The summed E-state index contributed by atoms with van der Waals surface area (Å²) in [4.78, 5) is 22.2. The Kier molecular flexibility index (Phi) is 5.17. The number of carbonyl (C=O) groups is 2. The number of hydrogen-bond donors (Lipinski definition) is 3. The van der Waals surface area contributed by atoms with Gasteiger partial charge in [0.15, 0.2) is 0 Å². The molecule has 2 amide bonds. The van der Waals surface area contributed by atoms with Gasteiger partial charge in [0.05, 0.1) is 13.2 Å². The lowest BCUT2D eigenvalue weighted by atomic mass is 10.1. The molecular formula is C13H18N2O4. The first-order chi connectivity index (χ1) is 8.93. The van der Waals surface area contributed by atoms with Crippen LogP contribution in [0.3, 0.4) is 0 Å². The van der Waals surface area contributed by atoms with E-state index in [1.165, 1.54) is 6.92 Å². The van der Waals surface area contributed by atoms with Gasteiger partial charge in [-0.05, 0) is 31.5 Å². The van der Waals surface area contributed by atoms with Crippen LogP contribution in [0.2, 0.25) is 0 Å². The Bertz CT molecular complexity index is 444. The summed E-state index contributed by atoms with van der Waals surface area (Å²) in [7, 11) is 1.58. The molecule has 0 bridgehead atoms. The van der Waals surface area contributed by atoms with Crippen molar-refractivity contribution in [1.29, 1.82) is 0 Å². The van der Waals surface area contributed by atoms with Crippen LogP contribution in [-0.4, -0.2) is 30.3 Å². The quantitative estimate of drug-likeness (QED) is 0.754. The third kappa shape index (κ3) is 4.50. The van der Waals surface area contributed by atoms with Gasteiger partial charge in [-0.1, -0.05) is 12.1 Å². The number of urea groups is 1. The first-order valence-electron chi connectivity index (χ1n) is 5.87. The molecule has 0 spiro atoms. The van der Waals surface area contributed by atoms with Gasteiger partial charge in [0, 0.05) is 0 Å². The van der Waals surface area contributed by atoms with Crippen molar-refractivity contribution in [1.82, 2.24) is 10.6 Å². The standard InChI is InChI=1S/C13H18N2O4/c1-8(10-4-6-11(19-3)7-5-10)14-13(18)15-9(2)12(16)17/h4-9H,1-3H3,(H,16,17)(H2,14,15,18)/t8?,9-/m1/s1. The molecule has 0 aromatic heterocycles. The Labute approximate surface area is 111 Å². The minimum absolute atomic E-state index is 0.230. The van der Waals surface area contributed by atoms with Gasteiger partial charge < -0.3 is 20.5 Å². The lowest BCUT2D eigenvalue weighted by molar-refractivity contribution is -0.138. The monoisotopic (exact) mass is 266 g/mol. The number of carboxylic acid groups (broad SMARTS) is 1. The van der Waals surface area contributed by atoms with Gasteiger partial charge in [-0.25, -0.2) is 4.79 Å². The van der Waals surface area contributed by atoms with E-state index in [2.05, 4.69) is 10.6 Å². The van der Waals surface area contributed by atoms with E-state index in [4.69, 9.17) is 9.84 Å². The maximum Gasteiger partial charge on any atom is 0.325 e. The number of amides is 2. The van der Waals surface area contributed by atoms with Crippen LogP contribution >= 0.6 is 0 Å². The second kappa shape index (κ2) is 6.63. The maximum absolute atomic E-state index is 11.6. The van der Waals surface area contributed by atoms with Gasteiger partial charge in [0.1, 0.15) is 11.8 Å². The number of aliphatic carboxylic acids is 1. The van der Waals surface area contributed by atoms with Gasteiger partial charge in [-0.15, -0.1) is 0 Å². The van der Waals surface area contributed by atoms with Crippen molar-refractivity contribution in [2.45, 2.75) is 25.9 Å². The summed E-state index contributed by atoms with van der Waals surface area (Å²) in [6, 6.07) is 5.60. The molecule has 1 unspecified atom stereocenters. The third-order valence-corrected chi connectivity index (χ3v) is 2.68. The van der Waals surface area contributed by atoms with E-state index in [1.54, 1.807) is 19.2 Å². The number of carbonyl (C=O) groups excluding carboxylic acids is 1. The van der Waals surface area contributed by atoms with E-state index in [9.17, 15) is 9.59 Å². The number of rotatable bonds is 5. The second-order valence-electron chi connectivity index (χ2n) is 4.17. The van der Waals surface area contributed by atoms with E-state index in [1.807, 2.05) is 19.1 Å². The average molecular weight is 266 g/mol. The molecule has 0 fully saturated rings. The van der Waals surface area contributed by atoms with Crippen LogP contribution < -0.4 is 15.4 Å².